The maximum absolute atomic E-state index is 9.60. The Bertz CT molecular complexity index is 173. The molecule has 3 unspecified atom stereocenters. The molecule has 0 bridgehead atoms. The fourth-order valence-electron chi connectivity index (χ4n) is 1.58. The van der Waals surface area contributed by atoms with Gasteiger partial charge in [0.25, 0.3) is 0 Å². The van der Waals surface area contributed by atoms with E-state index >= 15 is 0 Å². The summed E-state index contributed by atoms with van der Waals surface area (Å²) in [4.78, 5) is 0. The van der Waals surface area contributed by atoms with E-state index in [0.717, 1.165) is 12.8 Å². The van der Waals surface area contributed by atoms with E-state index in [1.807, 2.05) is 26.0 Å². The lowest BCUT2D eigenvalue weighted by molar-refractivity contribution is 0.0788. The van der Waals surface area contributed by atoms with Gasteiger partial charge in [0.2, 0.25) is 0 Å². The van der Waals surface area contributed by atoms with Gasteiger partial charge < -0.3 is 10.2 Å². The Morgan fingerprint density at radius 1 is 1.67 bits per heavy atom. The molecule has 0 aliphatic heterocycles. The van der Waals surface area contributed by atoms with Crippen molar-refractivity contribution < 1.29 is 10.2 Å². The van der Waals surface area contributed by atoms with Crippen LogP contribution in [0.3, 0.4) is 0 Å². The Labute approximate surface area is 73.9 Å². The average Bonchev–Trinajstić information content (AvgIpc) is 2.03. The number of hydrogen-bond acceptors (Lipinski definition) is 2. The van der Waals surface area contributed by atoms with Crippen molar-refractivity contribution in [2.75, 3.05) is 6.61 Å². The molecule has 2 nitrogen and oxygen atoms in total. The van der Waals surface area contributed by atoms with Gasteiger partial charge in [-0.2, -0.15) is 0 Å². The molecule has 70 valence electrons. The first kappa shape index (κ1) is 9.75. The molecule has 0 saturated heterocycles. The van der Waals surface area contributed by atoms with Crippen molar-refractivity contribution in [3.05, 3.63) is 12.2 Å². The summed E-state index contributed by atoms with van der Waals surface area (Å²) in [6, 6.07) is 0. The molecule has 1 aliphatic carbocycles. The van der Waals surface area contributed by atoms with E-state index in [1.54, 1.807) is 0 Å². The largest absolute Gasteiger partial charge is 0.396 e. The fraction of sp³-hybridized carbons (Fsp3) is 0.800. The molecule has 0 aromatic heterocycles. The Morgan fingerprint density at radius 2 is 2.33 bits per heavy atom. The molecule has 0 radical (unpaired) electrons. The molecule has 0 aromatic rings. The van der Waals surface area contributed by atoms with Crippen LogP contribution in [0.15, 0.2) is 12.2 Å². The highest BCUT2D eigenvalue weighted by Gasteiger charge is 2.25. The van der Waals surface area contributed by atoms with Crippen molar-refractivity contribution >= 4 is 0 Å². The minimum atomic E-state index is -0.619. The molecule has 2 N–H and O–H groups in total. The highest BCUT2D eigenvalue weighted by Crippen LogP contribution is 2.29. The molecule has 0 fully saturated rings. The third-order valence-electron chi connectivity index (χ3n) is 2.71. The van der Waals surface area contributed by atoms with E-state index in [0.29, 0.717) is 11.8 Å². The summed E-state index contributed by atoms with van der Waals surface area (Å²) >= 11 is 0. The first-order valence-corrected chi connectivity index (χ1v) is 4.58. The van der Waals surface area contributed by atoms with Gasteiger partial charge in [0.05, 0.1) is 5.60 Å². The van der Waals surface area contributed by atoms with Gasteiger partial charge in [-0.1, -0.05) is 19.1 Å². The normalized spacial score (nSPS) is 38.2. The van der Waals surface area contributed by atoms with Crippen LogP contribution in [0.2, 0.25) is 0 Å². The van der Waals surface area contributed by atoms with E-state index in [4.69, 9.17) is 5.11 Å². The number of aliphatic hydroxyl groups is 2. The summed E-state index contributed by atoms with van der Waals surface area (Å²) in [6.45, 7) is 4.09. The molecule has 0 spiro atoms. The molecular formula is C10H18O2. The van der Waals surface area contributed by atoms with Crippen LogP contribution in [-0.2, 0) is 0 Å². The Hall–Kier alpha value is -0.340. The first-order chi connectivity index (χ1) is 5.55. The third-order valence-corrected chi connectivity index (χ3v) is 2.71. The van der Waals surface area contributed by atoms with E-state index in [2.05, 4.69) is 0 Å². The van der Waals surface area contributed by atoms with Crippen molar-refractivity contribution in [3.8, 4) is 0 Å². The van der Waals surface area contributed by atoms with E-state index < -0.39 is 5.60 Å². The second-order valence-electron chi connectivity index (χ2n) is 4.08. The smallest absolute Gasteiger partial charge is 0.0800 e. The summed E-state index contributed by atoms with van der Waals surface area (Å²) in [5.41, 5.74) is -0.619. The van der Waals surface area contributed by atoms with Crippen molar-refractivity contribution in [3.63, 3.8) is 0 Å². The van der Waals surface area contributed by atoms with Crippen molar-refractivity contribution in [1.82, 2.24) is 0 Å². The van der Waals surface area contributed by atoms with Gasteiger partial charge in [0.15, 0.2) is 0 Å². The second-order valence-corrected chi connectivity index (χ2v) is 4.08. The summed E-state index contributed by atoms with van der Waals surface area (Å²) in [6.07, 6.45) is 5.67. The van der Waals surface area contributed by atoms with Crippen LogP contribution in [0.25, 0.3) is 0 Å². The molecule has 0 heterocycles. The zero-order valence-electron chi connectivity index (χ0n) is 7.83. The summed E-state index contributed by atoms with van der Waals surface area (Å²) in [5.74, 6) is 0.757. The zero-order chi connectivity index (χ0) is 9.19. The summed E-state index contributed by atoms with van der Waals surface area (Å²) < 4.78 is 0. The van der Waals surface area contributed by atoms with Gasteiger partial charge in [0, 0.05) is 6.61 Å². The standard InChI is InChI=1S/C10H18O2/c1-8(7-11)9-3-5-10(2,12)6-4-9/h3,5,8-9,11-12H,4,6-7H2,1-2H3. The van der Waals surface area contributed by atoms with Crippen LogP contribution in [0.5, 0.6) is 0 Å². The van der Waals surface area contributed by atoms with Crippen LogP contribution >= 0.6 is 0 Å². The van der Waals surface area contributed by atoms with Gasteiger partial charge in [0.1, 0.15) is 0 Å². The Balaban J connectivity index is 2.54. The van der Waals surface area contributed by atoms with E-state index in [1.165, 1.54) is 0 Å². The average molecular weight is 170 g/mol. The topological polar surface area (TPSA) is 40.5 Å². The lowest BCUT2D eigenvalue weighted by atomic mass is 9.81. The SMILES string of the molecule is CC(CO)C1C=CC(C)(O)CC1. The number of allylic oxidation sites excluding steroid dienone is 1. The number of rotatable bonds is 2. The highest BCUT2D eigenvalue weighted by molar-refractivity contribution is 5.06. The van der Waals surface area contributed by atoms with Gasteiger partial charge in [-0.3, -0.25) is 0 Å². The van der Waals surface area contributed by atoms with Crippen LogP contribution < -0.4 is 0 Å². The van der Waals surface area contributed by atoms with Crippen molar-refractivity contribution in [2.24, 2.45) is 11.8 Å². The van der Waals surface area contributed by atoms with Crippen molar-refractivity contribution in [2.45, 2.75) is 32.3 Å². The molecule has 12 heavy (non-hydrogen) atoms. The molecule has 0 aromatic carbocycles. The van der Waals surface area contributed by atoms with Crippen LogP contribution in [-0.4, -0.2) is 22.4 Å². The maximum Gasteiger partial charge on any atom is 0.0800 e. The monoisotopic (exact) mass is 170 g/mol. The van der Waals surface area contributed by atoms with Gasteiger partial charge in [-0.15, -0.1) is 0 Å². The molecule has 3 atom stereocenters. The van der Waals surface area contributed by atoms with Gasteiger partial charge in [-0.25, -0.2) is 0 Å². The molecule has 0 amide bonds. The van der Waals surface area contributed by atoms with Crippen LogP contribution in [0, 0.1) is 11.8 Å². The Morgan fingerprint density at radius 3 is 2.75 bits per heavy atom. The van der Waals surface area contributed by atoms with E-state index in [-0.39, 0.29) is 6.61 Å². The molecular weight excluding hydrogens is 152 g/mol. The quantitative estimate of drug-likeness (QED) is 0.614. The lowest BCUT2D eigenvalue weighted by Gasteiger charge is -2.29. The molecule has 0 saturated carbocycles. The number of aliphatic hydroxyl groups excluding tert-OH is 1. The third kappa shape index (κ3) is 2.32. The molecule has 1 aliphatic rings. The second kappa shape index (κ2) is 3.58. The zero-order valence-corrected chi connectivity index (χ0v) is 7.83. The lowest BCUT2D eigenvalue weighted by Crippen LogP contribution is -2.28. The number of hydrogen-bond donors (Lipinski definition) is 2. The Kier molecular flexibility index (Phi) is 2.91. The molecule has 2 heteroatoms. The van der Waals surface area contributed by atoms with Crippen LogP contribution in [0.4, 0.5) is 0 Å². The first-order valence-electron chi connectivity index (χ1n) is 4.58. The fourth-order valence-corrected chi connectivity index (χ4v) is 1.58. The summed E-state index contributed by atoms with van der Waals surface area (Å²) in [7, 11) is 0. The van der Waals surface area contributed by atoms with Crippen molar-refractivity contribution in [1.29, 1.82) is 0 Å². The highest BCUT2D eigenvalue weighted by atomic mass is 16.3. The predicted molar refractivity (Wildman–Crippen MR) is 48.7 cm³/mol. The van der Waals surface area contributed by atoms with E-state index in [9.17, 15) is 5.11 Å². The maximum atomic E-state index is 9.60. The minimum Gasteiger partial charge on any atom is -0.396 e. The van der Waals surface area contributed by atoms with Gasteiger partial charge >= 0.3 is 0 Å². The molecule has 1 rings (SSSR count). The van der Waals surface area contributed by atoms with Gasteiger partial charge in [-0.05, 0) is 31.6 Å². The minimum absolute atomic E-state index is 0.233. The predicted octanol–water partition coefficient (Wildman–Crippen LogP) is 1.33. The summed E-state index contributed by atoms with van der Waals surface area (Å²) in [5, 5.41) is 18.5. The van der Waals surface area contributed by atoms with Crippen LogP contribution in [0.1, 0.15) is 26.7 Å².